The summed E-state index contributed by atoms with van der Waals surface area (Å²) in [6.07, 6.45) is 1.62. The third-order valence-corrected chi connectivity index (χ3v) is 5.90. The molecule has 34 heavy (non-hydrogen) atoms. The highest BCUT2D eigenvalue weighted by atomic mass is 35.5. The highest BCUT2D eigenvalue weighted by Crippen LogP contribution is 2.30. The number of benzene rings is 2. The van der Waals surface area contributed by atoms with E-state index in [4.69, 9.17) is 32.7 Å². The molecule has 1 saturated heterocycles. The molecule has 0 bridgehead atoms. The molecule has 178 valence electrons. The van der Waals surface area contributed by atoms with Gasteiger partial charge in [0.25, 0.3) is 5.91 Å². The Morgan fingerprint density at radius 3 is 2.68 bits per heavy atom. The molecule has 0 spiro atoms. The van der Waals surface area contributed by atoms with Gasteiger partial charge in [-0.2, -0.15) is 0 Å². The zero-order valence-corrected chi connectivity index (χ0v) is 19.7. The first-order valence-corrected chi connectivity index (χ1v) is 11.3. The first kappa shape index (κ1) is 23.9. The predicted octanol–water partition coefficient (Wildman–Crippen LogP) is 3.57. The minimum absolute atomic E-state index is 0.0609. The van der Waals surface area contributed by atoms with E-state index in [-0.39, 0.29) is 23.4 Å². The highest BCUT2D eigenvalue weighted by Gasteiger charge is 2.24. The lowest BCUT2D eigenvalue weighted by Gasteiger charge is -2.15. The van der Waals surface area contributed by atoms with Crippen LogP contribution >= 0.6 is 23.2 Å². The van der Waals surface area contributed by atoms with Crippen LogP contribution in [-0.2, 0) is 14.3 Å². The number of carbonyl (C=O) groups is 3. The molecule has 9 nitrogen and oxygen atoms in total. The van der Waals surface area contributed by atoms with Gasteiger partial charge in [0.15, 0.2) is 0 Å². The maximum atomic E-state index is 13.2. The van der Waals surface area contributed by atoms with Gasteiger partial charge in [0.05, 0.1) is 23.9 Å². The molecule has 2 heterocycles. The molecule has 4 rings (SSSR count). The molecule has 3 N–H and O–H groups in total. The Bertz CT molecular complexity index is 1250. The maximum Gasteiger partial charge on any atom is 0.328 e. The summed E-state index contributed by atoms with van der Waals surface area (Å²) in [5, 5.41) is 6.55. The predicted molar refractivity (Wildman–Crippen MR) is 129 cm³/mol. The summed E-state index contributed by atoms with van der Waals surface area (Å²) < 4.78 is 12.1. The van der Waals surface area contributed by atoms with E-state index >= 15 is 0 Å². The van der Waals surface area contributed by atoms with E-state index in [0.29, 0.717) is 34.0 Å². The molecule has 1 aliphatic heterocycles. The molecule has 11 heteroatoms. The van der Waals surface area contributed by atoms with Crippen LogP contribution in [-0.4, -0.2) is 48.8 Å². The van der Waals surface area contributed by atoms with Crippen molar-refractivity contribution in [2.45, 2.75) is 18.9 Å². The zero-order chi connectivity index (χ0) is 24.2. The van der Waals surface area contributed by atoms with Crippen LogP contribution in [0.5, 0.6) is 5.75 Å². The second kappa shape index (κ2) is 10.3. The average molecular weight is 505 g/mol. The summed E-state index contributed by atoms with van der Waals surface area (Å²) >= 11 is 12.1. The van der Waals surface area contributed by atoms with Gasteiger partial charge in [-0.1, -0.05) is 35.3 Å². The molecule has 0 unspecified atom stereocenters. The van der Waals surface area contributed by atoms with Crippen LogP contribution in [0.4, 0.5) is 5.69 Å². The van der Waals surface area contributed by atoms with Crippen molar-refractivity contribution in [2.75, 3.05) is 31.0 Å². The number of para-hydroxylation sites is 1. The number of nitrogens with zero attached hydrogens (tertiary/aromatic N) is 1. The zero-order valence-electron chi connectivity index (χ0n) is 18.2. The van der Waals surface area contributed by atoms with Gasteiger partial charge in [-0.05, 0) is 43.2 Å². The molecule has 0 aliphatic carbocycles. The number of hydrogen-bond acceptors (Lipinski definition) is 5. The summed E-state index contributed by atoms with van der Waals surface area (Å²) in [4.78, 5) is 38.3. The van der Waals surface area contributed by atoms with Crippen LogP contribution in [0.3, 0.4) is 0 Å². The van der Waals surface area contributed by atoms with E-state index in [0.717, 1.165) is 12.8 Å². The van der Waals surface area contributed by atoms with Crippen LogP contribution in [0, 0.1) is 0 Å². The van der Waals surface area contributed by atoms with Crippen molar-refractivity contribution in [3.8, 4) is 5.75 Å². The number of amides is 3. The average Bonchev–Trinajstić information content (AvgIpc) is 3.47. The number of ether oxygens (including phenoxy) is 2. The fraction of sp³-hybridized carbons (Fsp3) is 0.261. The van der Waals surface area contributed by atoms with E-state index in [1.165, 1.54) is 17.9 Å². The Kier molecular flexibility index (Phi) is 7.26. The van der Waals surface area contributed by atoms with E-state index in [9.17, 15) is 14.4 Å². The summed E-state index contributed by atoms with van der Waals surface area (Å²) in [6.45, 7) is 0.863. The number of rotatable bonds is 6. The van der Waals surface area contributed by atoms with E-state index in [1.54, 1.807) is 36.4 Å². The minimum atomic E-state index is -0.944. The van der Waals surface area contributed by atoms with E-state index in [1.807, 2.05) is 0 Å². The molecular weight excluding hydrogens is 483 g/mol. The van der Waals surface area contributed by atoms with Crippen molar-refractivity contribution >= 4 is 57.5 Å². The van der Waals surface area contributed by atoms with Gasteiger partial charge >= 0.3 is 11.8 Å². The van der Waals surface area contributed by atoms with Crippen LogP contribution in [0.2, 0.25) is 10.0 Å². The normalized spacial score (nSPS) is 15.2. The molecule has 0 radical (unpaired) electrons. The molecule has 1 atom stereocenters. The number of anilines is 1. The molecule has 2 aromatic carbocycles. The Morgan fingerprint density at radius 1 is 1.15 bits per heavy atom. The molecule has 1 aromatic heterocycles. The summed E-state index contributed by atoms with van der Waals surface area (Å²) in [7, 11) is 1.47. The topological polar surface area (TPSA) is 111 Å². The number of hydrogen-bond donors (Lipinski definition) is 3. The van der Waals surface area contributed by atoms with Crippen molar-refractivity contribution < 1.29 is 23.9 Å². The Balaban J connectivity index is 1.62. The molecule has 1 aliphatic rings. The first-order chi connectivity index (χ1) is 16.4. The maximum absolute atomic E-state index is 13.2. The van der Waals surface area contributed by atoms with Crippen molar-refractivity contribution in [3.63, 3.8) is 0 Å². The van der Waals surface area contributed by atoms with Crippen molar-refractivity contribution in [2.24, 2.45) is 0 Å². The molecule has 3 aromatic rings. The number of carbonyl (C=O) groups excluding carboxylic acids is 3. The summed E-state index contributed by atoms with van der Waals surface area (Å²) in [6, 6.07) is 11.4. The van der Waals surface area contributed by atoms with Crippen molar-refractivity contribution in [1.29, 1.82) is 0 Å². The Hall–Kier alpha value is -3.27. The fourth-order valence-electron chi connectivity index (χ4n) is 3.70. The number of aromatic nitrogens is 1. The molecule has 0 saturated carbocycles. The van der Waals surface area contributed by atoms with Gasteiger partial charge in [0, 0.05) is 23.6 Å². The van der Waals surface area contributed by atoms with E-state index < -0.39 is 17.7 Å². The SMILES string of the molecule is COc1cccc2cc(C(=O)Nc3ccc(Cl)cc3Cl)n(NC(=O)C(=O)NC[C@H]3CCCO3)c12. The molecule has 1 fully saturated rings. The van der Waals surface area contributed by atoms with Gasteiger partial charge < -0.3 is 20.1 Å². The first-order valence-electron chi connectivity index (χ1n) is 10.5. The Morgan fingerprint density at radius 2 is 1.97 bits per heavy atom. The van der Waals surface area contributed by atoms with Crippen LogP contribution in [0.1, 0.15) is 23.3 Å². The summed E-state index contributed by atoms with van der Waals surface area (Å²) in [5.41, 5.74) is 3.31. The van der Waals surface area contributed by atoms with Gasteiger partial charge in [-0.3, -0.25) is 19.8 Å². The molecular formula is C23H22Cl2N4O5. The summed E-state index contributed by atoms with van der Waals surface area (Å²) in [5.74, 6) is -1.96. The smallest absolute Gasteiger partial charge is 0.328 e. The van der Waals surface area contributed by atoms with Crippen LogP contribution in [0.25, 0.3) is 10.9 Å². The number of nitrogens with one attached hydrogen (secondary N) is 3. The quantitative estimate of drug-likeness (QED) is 0.444. The third kappa shape index (κ3) is 5.11. The van der Waals surface area contributed by atoms with Gasteiger partial charge in [-0.25, -0.2) is 4.68 Å². The number of fused-ring (bicyclic) bond motifs is 1. The Labute approximate surface area is 205 Å². The lowest BCUT2D eigenvalue weighted by Crippen LogP contribution is -2.42. The largest absolute Gasteiger partial charge is 0.494 e. The van der Waals surface area contributed by atoms with Crippen molar-refractivity contribution in [3.05, 3.63) is 58.2 Å². The van der Waals surface area contributed by atoms with Crippen LogP contribution in [0.15, 0.2) is 42.5 Å². The minimum Gasteiger partial charge on any atom is -0.494 e. The number of methoxy groups -OCH3 is 1. The number of halogens is 2. The van der Waals surface area contributed by atoms with Gasteiger partial charge in [0.2, 0.25) is 0 Å². The monoisotopic (exact) mass is 504 g/mol. The van der Waals surface area contributed by atoms with Gasteiger partial charge in [0.1, 0.15) is 17.0 Å². The van der Waals surface area contributed by atoms with Gasteiger partial charge in [-0.15, -0.1) is 0 Å². The highest BCUT2D eigenvalue weighted by molar-refractivity contribution is 6.38. The second-order valence-corrected chi connectivity index (χ2v) is 8.47. The van der Waals surface area contributed by atoms with E-state index in [2.05, 4.69) is 16.1 Å². The second-order valence-electron chi connectivity index (χ2n) is 7.63. The van der Waals surface area contributed by atoms with Crippen molar-refractivity contribution in [1.82, 2.24) is 9.99 Å². The fourth-order valence-corrected chi connectivity index (χ4v) is 4.15. The molecule has 3 amide bonds. The third-order valence-electron chi connectivity index (χ3n) is 5.35. The standard InChI is InChI=1S/C23H22Cl2N4O5/c1-33-19-6-2-4-13-10-18(21(30)27-17-8-7-14(24)11-16(17)25)29(20(13)19)28-23(32)22(31)26-12-15-5-3-9-34-15/h2,4,6-8,10-11,15H,3,5,9,12H2,1H3,(H,26,31)(H,27,30)(H,28,32)/t15-/m1/s1. The van der Waals surface area contributed by atoms with Crippen LogP contribution < -0.4 is 20.8 Å². The lowest BCUT2D eigenvalue weighted by molar-refractivity contribution is -0.136. The lowest BCUT2D eigenvalue weighted by atomic mass is 10.2.